The van der Waals surface area contributed by atoms with Gasteiger partial charge in [0.15, 0.2) is 11.1 Å². The summed E-state index contributed by atoms with van der Waals surface area (Å²) in [7, 11) is 0. The van der Waals surface area contributed by atoms with E-state index in [1.165, 1.54) is 0 Å². The van der Waals surface area contributed by atoms with Crippen LogP contribution in [0.1, 0.15) is 25.7 Å². The van der Waals surface area contributed by atoms with Crippen LogP contribution in [0.5, 0.6) is 0 Å². The molecule has 0 aliphatic rings. The first-order valence-corrected chi connectivity index (χ1v) is 5.52. The van der Waals surface area contributed by atoms with Gasteiger partial charge in [-0.15, -0.1) is 11.6 Å². The second-order valence-corrected chi connectivity index (χ2v) is 4.03. The molecule has 0 saturated carbocycles. The molecule has 3 nitrogen and oxygen atoms in total. The zero-order valence-electron chi connectivity index (χ0n) is 6.74. The lowest BCUT2D eigenvalue weighted by Gasteiger charge is -2.07. The molecule has 0 aromatic heterocycles. The Kier molecular flexibility index (Phi) is 7.75. The molecule has 0 fully saturated rings. The van der Waals surface area contributed by atoms with Crippen LogP contribution in [0, 0.1) is 0 Å². The molecule has 72 valence electrons. The molecule has 2 atom stereocenters. The highest BCUT2D eigenvalue weighted by Crippen LogP contribution is 2.08. The lowest BCUT2D eigenvalue weighted by atomic mass is 10.2. The van der Waals surface area contributed by atoms with Crippen molar-refractivity contribution in [2.45, 2.75) is 30.9 Å². The molecular weight excluding hydrogens is 200 g/mol. The van der Waals surface area contributed by atoms with E-state index in [1.54, 1.807) is 0 Å². The van der Waals surface area contributed by atoms with Gasteiger partial charge in [-0.05, 0) is 12.8 Å². The number of alkyl halides is 1. The van der Waals surface area contributed by atoms with Gasteiger partial charge in [0, 0.05) is 12.3 Å². The van der Waals surface area contributed by atoms with E-state index in [0.29, 0.717) is 12.8 Å². The van der Waals surface area contributed by atoms with E-state index >= 15 is 0 Å². The maximum absolute atomic E-state index is 10.6. The van der Waals surface area contributed by atoms with Crippen LogP contribution in [-0.4, -0.2) is 26.2 Å². The Hall–Kier alpha value is 0.0700. The predicted octanol–water partition coefficient (Wildman–Crippen LogP) is 1.57. The summed E-state index contributed by atoms with van der Waals surface area (Å²) in [6, 6.07) is 0. The highest BCUT2D eigenvalue weighted by Gasteiger charge is 2.12. The summed E-state index contributed by atoms with van der Waals surface area (Å²) in [5.74, 6) is 0.199. The molecule has 0 aromatic carbocycles. The Balaban J connectivity index is 3.44. The third-order valence-electron chi connectivity index (χ3n) is 1.56. The number of unbranched alkanes of at least 4 members (excludes halogenated alkanes) is 2. The smallest absolute Gasteiger partial charge is 0.157 e. The van der Waals surface area contributed by atoms with Crippen molar-refractivity contribution in [2.75, 3.05) is 5.88 Å². The fourth-order valence-corrected chi connectivity index (χ4v) is 1.79. The normalized spacial score (nSPS) is 15.5. The summed E-state index contributed by atoms with van der Waals surface area (Å²) in [4.78, 5) is 9.92. The molecule has 0 rings (SSSR count). The molecule has 2 unspecified atom stereocenters. The lowest BCUT2D eigenvalue weighted by molar-refractivity contribution is -0.107. The first kappa shape index (κ1) is 12.1. The zero-order chi connectivity index (χ0) is 9.40. The summed E-state index contributed by atoms with van der Waals surface area (Å²) in [6.45, 7) is 0. The predicted molar refractivity (Wildman–Crippen MR) is 49.8 cm³/mol. The van der Waals surface area contributed by atoms with Gasteiger partial charge in [-0.1, -0.05) is 6.42 Å². The molecule has 0 bridgehead atoms. The van der Waals surface area contributed by atoms with Gasteiger partial charge in [0.2, 0.25) is 0 Å². The lowest BCUT2D eigenvalue weighted by Crippen LogP contribution is -2.16. The van der Waals surface area contributed by atoms with Crippen LogP contribution >= 0.6 is 11.6 Å². The first-order chi connectivity index (χ1) is 5.72. The number of halogens is 1. The van der Waals surface area contributed by atoms with Gasteiger partial charge < -0.3 is 9.35 Å². The van der Waals surface area contributed by atoms with E-state index in [0.717, 1.165) is 19.1 Å². The highest BCUT2D eigenvalue weighted by molar-refractivity contribution is 7.80. The van der Waals surface area contributed by atoms with E-state index in [4.69, 9.17) is 16.2 Å². The molecule has 0 aliphatic heterocycles. The third kappa shape index (κ3) is 5.69. The molecule has 0 saturated heterocycles. The Morgan fingerprint density at radius 2 is 2.17 bits per heavy atom. The van der Waals surface area contributed by atoms with Crippen molar-refractivity contribution < 1.29 is 13.6 Å². The van der Waals surface area contributed by atoms with E-state index < -0.39 is 11.1 Å². The van der Waals surface area contributed by atoms with Crippen molar-refractivity contribution in [3.8, 4) is 0 Å². The number of hydrogen-bond acceptors (Lipinski definition) is 2. The Labute approximate surface area is 79.8 Å². The number of rotatable bonds is 7. The Morgan fingerprint density at radius 3 is 2.58 bits per heavy atom. The van der Waals surface area contributed by atoms with Gasteiger partial charge in [0.1, 0.15) is 6.29 Å². The summed E-state index contributed by atoms with van der Waals surface area (Å²) in [5.41, 5.74) is 0. The minimum absolute atomic E-state index is 0.199. The van der Waals surface area contributed by atoms with Gasteiger partial charge in [-0.25, -0.2) is 4.21 Å². The van der Waals surface area contributed by atoms with Crippen LogP contribution in [0.15, 0.2) is 0 Å². The molecule has 0 aromatic rings. The minimum Gasteiger partial charge on any atom is -0.306 e. The van der Waals surface area contributed by atoms with E-state index in [2.05, 4.69) is 0 Å². The van der Waals surface area contributed by atoms with Crippen LogP contribution in [0.4, 0.5) is 0 Å². The van der Waals surface area contributed by atoms with Crippen molar-refractivity contribution in [3.63, 3.8) is 0 Å². The van der Waals surface area contributed by atoms with Gasteiger partial charge in [0.05, 0.1) is 5.25 Å². The van der Waals surface area contributed by atoms with Crippen LogP contribution in [0.3, 0.4) is 0 Å². The SMILES string of the molecule is O=CCCCCC(CCl)S(=O)O. The second kappa shape index (κ2) is 7.71. The Bertz CT molecular complexity index is 152. The first-order valence-electron chi connectivity index (χ1n) is 3.81. The highest BCUT2D eigenvalue weighted by atomic mass is 35.5. The standard InChI is InChI=1S/C7H13ClO3S/c8-6-7(12(10)11)4-2-1-3-5-9/h5,7H,1-4,6H2,(H,10,11). The number of carbonyl (C=O) groups is 1. The maximum Gasteiger partial charge on any atom is 0.157 e. The van der Waals surface area contributed by atoms with Gasteiger partial charge in [0.25, 0.3) is 0 Å². The van der Waals surface area contributed by atoms with Crippen molar-refractivity contribution in [1.82, 2.24) is 0 Å². The van der Waals surface area contributed by atoms with Crippen molar-refractivity contribution in [3.05, 3.63) is 0 Å². The molecule has 0 amide bonds. The van der Waals surface area contributed by atoms with E-state index in [-0.39, 0.29) is 11.1 Å². The molecule has 0 heterocycles. The number of aldehydes is 1. The third-order valence-corrected chi connectivity index (χ3v) is 3.08. The fraction of sp³-hybridized carbons (Fsp3) is 0.857. The van der Waals surface area contributed by atoms with E-state index in [1.807, 2.05) is 0 Å². The van der Waals surface area contributed by atoms with E-state index in [9.17, 15) is 9.00 Å². The van der Waals surface area contributed by atoms with Gasteiger partial charge in [-0.2, -0.15) is 0 Å². The Morgan fingerprint density at radius 1 is 1.50 bits per heavy atom. The average molecular weight is 213 g/mol. The van der Waals surface area contributed by atoms with Crippen molar-refractivity contribution in [1.29, 1.82) is 0 Å². The molecule has 0 spiro atoms. The zero-order valence-corrected chi connectivity index (χ0v) is 8.31. The van der Waals surface area contributed by atoms with Crippen molar-refractivity contribution >= 4 is 29.0 Å². The van der Waals surface area contributed by atoms with Crippen LogP contribution < -0.4 is 0 Å². The molecule has 1 N–H and O–H groups in total. The quantitative estimate of drug-likeness (QED) is 0.302. The average Bonchev–Trinajstić information content (AvgIpc) is 2.04. The van der Waals surface area contributed by atoms with Gasteiger partial charge >= 0.3 is 0 Å². The monoisotopic (exact) mass is 212 g/mol. The summed E-state index contributed by atoms with van der Waals surface area (Å²) >= 11 is 3.62. The minimum atomic E-state index is -1.83. The van der Waals surface area contributed by atoms with Crippen LogP contribution in [0.2, 0.25) is 0 Å². The maximum atomic E-state index is 10.6. The summed E-state index contributed by atoms with van der Waals surface area (Å²) in [6.07, 6.45) is 3.54. The molecule has 5 heteroatoms. The van der Waals surface area contributed by atoms with Gasteiger partial charge in [-0.3, -0.25) is 0 Å². The number of hydrogen-bond donors (Lipinski definition) is 1. The second-order valence-electron chi connectivity index (χ2n) is 2.50. The molecule has 12 heavy (non-hydrogen) atoms. The fourth-order valence-electron chi connectivity index (χ4n) is 0.832. The molecule has 0 radical (unpaired) electrons. The molecule has 0 aliphatic carbocycles. The summed E-state index contributed by atoms with van der Waals surface area (Å²) < 4.78 is 19.2. The van der Waals surface area contributed by atoms with Crippen LogP contribution in [0.25, 0.3) is 0 Å². The number of carbonyl (C=O) groups excluding carboxylic acids is 1. The largest absolute Gasteiger partial charge is 0.306 e. The molecular formula is C7H13ClO3S. The summed E-state index contributed by atoms with van der Waals surface area (Å²) in [5, 5.41) is -0.349. The van der Waals surface area contributed by atoms with Crippen LogP contribution in [-0.2, 0) is 15.9 Å². The topological polar surface area (TPSA) is 54.4 Å². The van der Waals surface area contributed by atoms with Crippen molar-refractivity contribution in [2.24, 2.45) is 0 Å².